The monoisotopic (exact) mass is 314 g/mol. The third kappa shape index (κ3) is 4.87. The maximum atomic E-state index is 11.4. The molecule has 5 heteroatoms. The van der Waals surface area contributed by atoms with Crippen LogP contribution in [0.4, 0.5) is 0 Å². The van der Waals surface area contributed by atoms with Crippen LogP contribution in [0.25, 0.3) is 0 Å². The van der Waals surface area contributed by atoms with Crippen LogP contribution in [-0.4, -0.2) is 30.8 Å². The summed E-state index contributed by atoms with van der Waals surface area (Å²) in [5, 5.41) is 0.312. The third-order valence-electron chi connectivity index (χ3n) is 2.32. The number of esters is 1. The summed E-state index contributed by atoms with van der Waals surface area (Å²) in [4.78, 5) is 22.2. The molecule has 0 amide bonds. The van der Waals surface area contributed by atoms with Crippen LogP contribution in [0.1, 0.15) is 23.2 Å². The van der Waals surface area contributed by atoms with E-state index in [1.54, 1.807) is 24.3 Å². The largest absolute Gasteiger partial charge is 0.494 e. The smallest absolute Gasteiger partial charge is 0.305 e. The van der Waals surface area contributed by atoms with E-state index in [4.69, 9.17) is 4.74 Å². The van der Waals surface area contributed by atoms with Gasteiger partial charge in [0.1, 0.15) is 5.75 Å². The van der Waals surface area contributed by atoms with Crippen molar-refractivity contribution in [2.75, 3.05) is 19.0 Å². The highest BCUT2D eigenvalue weighted by Crippen LogP contribution is 2.13. The highest BCUT2D eigenvalue weighted by molar-refractivity contribution is 9.09. The molecule has 0 saturated heterocycles. The maximum absolute atomic E-state index is 11.4. The number of halogens is 1. The Bertz CT molecular complexity index is 400. The lowest BCUT2D eigenvalue weighted by Crippen LogP contribution is -2.05. The summed E-state index contributed by atoms with van der Waals surface area (Å²) in [6.45, 7) is 0.445. The van der Waals surface area contributed by atoms with Crippen LogP contribution in [0, 0.1) is 0 Å². The molecule has 0 N–H and O–H groups in total. The fourth-order valence-electron chi connectivity index (χ4n) is 1.32. The van der Waals surface area contributed by atoms with E-state index in [0.717, 1.165) is 0 Å². The lowest BCUT2D eigenvalue weighted by molar-refractivity contribution is -0.140. The molecular formula is C13H15BrO4. The Balaban J connectivity index is 2.35. The molecule has 0 radical (unpaired) electrons. The van der Waals surface area contributed by atoms with Gasteiger partial charge in [0.15, 0.2) is 5.78 Å². The first-order valence-corrected chi connectivity index (χ1v) is 6.68. The average molecular weight is 315 g/mol. The lowest BCUT2D eigenvalue weighted by Gasteiger charge is -2.06. The Kier molecular flexibility index (Phi) is 6.43. The Labute approximate surface area is 114 Å². The minimum atomic E-state index is -0.239. The van der Waals surface area contributed by atoms with Crippen molar-refractivity contribution in [3.63, 3.8) is 0 Å². The van der Waals surface area contributed by atoms with Gasteiger partial charge in [0.2, 0.25) is 0 Å². The molecule has 0 unspecified atom stereocenters. The molecule has 18 heavy (non-hydrogen) atoms. The lowest BCUT2D eigenvalue weighted by atomic mass is 10.1. The standard InChI is InChI=1S/C13H15BrO4/c1-17-13(16)3-2-8-18-11-6-4-10(5-7-11)12(15)9-14/h4-7H,2-3,8-9H2,1H3. The number of ketones is 1. The molecular weight excluding hydrogens is 300 g/mol. The van der Waals surface area contributed by atoms with Gasteiger partial charge < -0.3 is 9.47 Å². The van der Waals surface area contributed by atoms with Crippen molar-refractivity contribution in [1.82, 2.24) is 0 Å². The molecule has 4 nitrogen and oxygen atoms in total. The maximum Gasteiger partial charge on any atom is 0.305 e. The van der Waals surface area contributed by atoms with Crippen LogP contribution in [0.3, 0.4) is 0 Å². The van der Waals surface area contributed by atoms with Crippen molar-refractivity contribution in [3.8, 4) is 5.75 Å². The topological polar surface area (TPSA) is 52.6 Å². The molecule has 1 rings (SSSR count). The molecule has 0 aliphatic rings. The molecule has 0 fully saturated rings. The quantitative estimate of drug-likeness (QED) is 0.336. The van der Waals surface area contributed by atoms with Crippen LogP contribution < -0.4 is 4.74 Å². The molecule has 0 atom stereocenters. The van der Waals surface area contributed by atoms with E-state index >= 15 is 0 Å². The highest BCUT2D eigenvalue weighted by Gasteiger charge is 2.04. The number of carbonyl (C=O) groups is 2. The summed E-state index contributed by atoms with van der Waals surface area (Å²) in [7, 11) is 1.36. The van der Waals surface area contributed by atoms with Gasteiger partial charge in [-0.25, -0.2) is 0 Å². The van der Waals surface area contributed by atoms with Crippen LogP contribution in [0.15, 0.2) is 24.3 Å². The molecule has 0 spiro atoms. The second-order valence-electron chi connectivity index (χ2n) is 3.61. The minimum Gasteiger partial charge on any atom is -0.494 e. The summed E-state index contributed by atoms with van der Waals surface area (Å²) >= 11 is 3.12. The first-order chi connectivity index (χ1) is 8.67. The van der Waals surface area contributed by atoms with Gasteiger partial charge in [-0.3, -0.25) is 9.59 Å². The third-order valence-corrected chi connectivity index (χ3v) is 2.83. The normalized spacial score (nSPS) is 9.89. The van der Waals surface area contributed by atoms with Gasteiger partial charge in [0.25, 0.3) is 0 Å². The number of hydrogen-bond donors (Lipinski definition) is 0. The first kappa shape index (κ1) is 14.7. The predicted molar refractivity (Wildman–Crippen MR) is 71.3 cm³/mol. The number of carbonyl (C=O) groups excluding carboxylic acids is 2. The molecule has 1 aromatic carbocycles. The molecule has 0 heterocycles. The number of rotatable bonds is 7. The number of ether oxygens (including phenoxy) is 2. The minimum absolute atomic E-state index is 0.0345. The first-order valence-electron chi connectivity index (χ1n) is 5.56. The van der Waals surface area contributed by atoms with E-state index in [2.05, 4.69) is 20.7 Å². The number of Topliss-reactive ketones (excluding diaryl/α,β-unsaturated/α-hetero) is 1. The number of methoxy groups -OCH3 is 1. The SMILES string of the molecule is COC(=O)CCCOc1ccc(C(=O)CBr)cc1. The fraction of sp³-hybridized carbons (Fsp3) is 0.385. The van der Waals surface area contributed by atoms with E-state index in [9.17, 15) is 9.59 Å². The van der Waals surface area contributed by atoms with Crippen molar-refractivity contribution in [2.24, 2.45) is 0 Å². The van der Waals surface area contributed by atoms with Crippen molar-refractivity contribution in [2.45, 2.75) is 12.8 Å². The zero-order valence-electron chi connectivity index (χ0n) is 10.1. The van der Waals surface area contributed by atoms with E-state index in [0.29, 0.717) is 36.1 Å². The second-order valence-corrected chi connectivity index (χ2v) is 4.17. The van der Waals surface area contributed by atoms with Crippen molar-refractivity contribution >= 4 is 27.7 Å². The Morgan fingerprint density at radius 3 is 2.44 bits per heavy atom. The predicted octanol–water partition coefficient (Wildman–Crippen LogP) is 2.60. The van der Waals surface area contributed by atoms with Gasteiger partial charge in [-0.15, -0.1) is 0 Å². The van der Waals surface area contributed by atoms with E-state index < -0.39 is 0 Å². The number of hydrogen-bond acceptors (Lipinski definition) is 4. The molecule has 98 valence electrons. The van der Waals surface area contributed by atoms with E-state index in [-0.39, 0.29) is 11.8 Å². The summed E-state index contributed by atoms with van der Waals surface area (Å²) in [5.41, 5.74) is 0.647. The molecule has 0 saturated carbocycles. The Hall–Kier alpha value is -1.36. The summed E-state index contributed by atoms with van der Waals surface area (Å²) in [6, 6.07) is 6.93. The van der Waals surface area contributed by atoms with Crippen molar-refractivity contribution in [3.05, 3.63) is 29.8 Å². The zero-order chi connectivity index (χ0) is 13.4. The van der Waals surface area contributed by atoms with Gasteiger partial charge in [-0.1, -0.05) is 15.9 Å². The Morgan fingerprint density at radius 1 is 1.22 bits per heavy atom. The van der Waals surface area contributed by atoms with Gasteiger partial charge in [-0.2, -0.15) is 0 Å². The van der Waals surface area contributed by atoms with Crippen molar-refractivity contribution in [1.29, 1.82) is 0 Å². The zero-order valence-corrected chi connectivity index (χ0v) is 11.7. The van der Waals surface area contributed by atoms with Crippen LogP contribution in [0.5, 0.6) is 5.75 Å². The summed E-state index contributed by atoms with van der Waals surface area (Å²) < 4.78 is 9.96. The molecule has 0 aliphatic heterocycles. The summed E-state index contributed by atoms with van der Waals surface area (Å²) in [6.07, 6.45) is 0.950. The Morgan fingerprint density at radius 2 is 1.89 bits per heavy atom. The highest BCUT2D eigenvalue weighted by atomic mass is 79.9. The molecule has 1 aromatic rings. The molecule has 0 bridgehead atoms. The van der Waals surface area contributed by atoms with E-state index in [1.807, 2.05) is 0 Å². The van der Waals surface area contributed by atoms with Crippen molar-refractivity contribution < 1.29 is 19.1 Å². The van der Waals surface area contributed by atoms with Crippen LogP contribution in [-0.2, 0) is 9.53 Å². The number of benzene rings is 1. The van der Waals surface area contributed by atoms with Gasteiger partial charge in [0, 0.05) is 12.0 Å². The number of alkyl halides is 1. The van der Waals surface area contributed by atoms with Gasteiger partial charge in [-0.05, 0) is 30.7 Å². The van der Waals surface area contributed by atoms with Gasteiger partial charge in [0.05, 0.1) is 19.0 Å². The van der Waals surface area contributed by atoms with Crippen LogP contribution in [0.2, 0.25) is 0 Å². The van der Waals surface area contributed by atoms with Gasteiger partial charge >= 0.3 is 5.97 Å². The fourth-order valence-corrected chi connectivity index (χ4v) is 1.65. The molecule has 0 aliphatic carbocycles. The summed E-state index contributed by atoms with van der Waals surface area (Å²) in [5.74, 6) is 0.482. The molecule has 0 aromatic heterocycles. The van der Waals surface area contributed by atoms with E-state index in [1.165, 1.54) is 7.11 Å². The second kappa shape index (κ2) is 7.87. The van der Waals surface area contributed by atoms with Crippen LogP contribution >= 0.6 is 15.9 Å². The average Bonchev–Trinajstić information content (AvgIpc) is 2.43.